The van der Waals surface area contributed by atoms with Crippen LogP contribution in [0.25, 0.3) is 0 Å². The van der Waals surface area contributed by atoms with Crippen molar-refractivity contribution in [1.29, 1.82) is 0 Å². The quantitative estimate of drug-likeness (QED) is 0.769. The van der Waals surface area contributed by atoms with E-state index in [1.807, 2.05) is 19.9 Å². The molecule has 0 spiro atoms. The van der Waals surface area contributed by atoms with Gasteiger partial charge in [0, 0.05) is 24.5 Å². The highest BCUT2D eigenvalue weighted by molar-refractivity contribution is 5.93. The molecule has 1 atom stereocenters. The molecule has 15 heavy (non-hydrogen) atoms. The summed E-state index contributed by atoms with van der Waals surface area (Å²) in [4.78, 5) is 15.6. The summed E-state index contributed by atoms with van der Waals surface area (Å²) in [5.41, 5.74) is 7.17. The van der Waals surface area contributed by atoms with Crippen molar-refractivity contribution in [2.75, 3.05) is 6.54 Å². The molecule has 0 aliphatic rings. The number of nitrogens with zero attached hydrogens (tertiary/aromatic N) is 1. The number of rotatable bonds is 4. The maximum absolute atomic E-state index is 11.6. The van der Waals surface area contributed by atoms with Gasteiger partial charge in [-0.1, -0.05) is 6.92 Å². The zero-order valence-corrected chi connectivity index (χ0v) is 9.16. The highest BCUT2D eigenvalue weighted by atomic mass is 16.1. The van der Waals surface area contributed by atoms with E-state index in [1.165, 1.54) is 0 Å². The fraction of sp³-hybridized carbons (Fsp3) is 0.455. The van der Waals surface area contributed by atoms with Gasteiger partial charge in [0.15, 0.2) is 0 Å². The van der Waals surface area contributed by atoms with E-state index < -0.39 is 0 Å². The number of hydrogen-bond donors (Lipinski definition) is 2. The summed E-state index contributed by atoms with van der Waals surface area (Å²) in [6, 6.07) is 3.59. The Balaban J connectivity index is 2.50. The Morgan fingerprint density at radius 2 is 2.33 bits per heavy atom. The molecule has 0 aliphatic carbocycles. The summed E-state index contributed by atoms with van der Waals surface area (Å²) in [6.07, 6.45) is 2.43. The molecule has 1 heterocycles. The summed E-state index contributed by atoms with van der Waals surface area (Å²) in [5.74, 6) is -0.119. The first-order chi connectivity index (χ1) is 7.13. The topological polar surface area (TPSA) is 68.0 Å². The maximum Gasteiger partial charge on any atom is 0.252 e. The van der Waals surface area contributed by atoms with Crippen LogP contribution in [0, 0.1) is 6.92 Å². The molecule has 0 saturated carbocycles. The van der Waals surface area contributed by atoms with Crippen LogP contribution in [-0.4, -0.2) is 23.5 Å². The number of aryl methyl sites for hydroxylation is 1. The van der Waals surface area contributed by atoms with Crippen LogP contribution in [0.5, 0.6) is 0 Å². The highest BCUT2D eigenvalue weighted by Crippen LogP contribution is 1.98. The van der Waals surface area contributed by atoms with Gasteiger partial charge in [0.1, 0.15) is 0 Å². The van der Waals surface area contributed by atoms with Crippen molar-refractivity contribution in [3.63, 3.8) is 0 Å². The molecular weight excluding hydrogens is 190 g/mol. The molecule has 0 saturated heterocycles. The third kappa shape index (κ3) is 3.67. The number of carbonyl (C=O) groups excluding carboxylic acids is 1. The highest BCUT2D eigenvalue weighted by Gasteiger charge is 2.06. The van der Waals surface area contributed by atoms with Crippen LogP contribution in [0.15, 0.2) is 18.3 Å². The third-order valence-electron chi connectivity index (χ3n) is 2.22. The fourth-order valence-corrected chi connectivity index (χ4v) is 1.07. The summed E-state index contributed by atoms with van der Waals surface area (Å²) in [5, 5.41) is 2.77. The van der Waals surface area contributed by atoms with Crippen LogP contribution in [0.2, 0.25) is 0 Å². The lowest BCUT2D eigenvalue weighted by atomic mass is 10.2. The Bertz CT molecular complexity index is 321. The Labute approximate surface area is 89.9 Å². The van der Waals surface area contributed by atoms with Crippen molar-refractivity contribution in [2.45, 2.75) is 26.3 Å². The summed E-state index contributed by atoms with van der Waals surface area (Å²) in [6.45, 7) is 4.38. The summed E-state index contributed by atoms with van der Waals surface area (Å²) in [7, 11) is 0. The van der Waals surface area contributed by atoms with Crippen molar-refractivity contribution >= 4 is 5.91 Å². The third-order valence-corrected chi connectivity index (χ3v) is 2.22. The second kappa shape index (κ2) is 5.46. The van der Waals surface area contributed by atoms with Crippen molar-refractivity contribution in [3.05, 3.63) is 29.6 Å². The first-order valence-electron chi connectivity index (χ1n) is 5.10. The molecule has 1 aromatic heterocycles. The van der Waals surface area contributed by atoms with Crippen LogP contribution in [0.4, 0.5) is 0 Å². The fourth-order valence-electron chi connectivity index (χ4n) is 1.07. The molecule has 4 nitrogen and oxygen atoms in total. The molecule has 1 unspecified atom stereocenters. The lowest BCUT2D eigenvalue weighted by Crippen LogP contribution is -2.36. The predicted molar refractivity (Wildman–Crippen MR) is 59.6 cm³/mol. The summed E-state index contributed by atoms with van der Waals surface area (Å²) >= 11 is 0. The van der Waals surface area contributed by atoms with Crippen molar-refractivity contribution in [2.24, 2.45) is 5.73 Å². The number of amides is 1. The number of hydrogen-bond acceptors (Lipinski definition) is 3. The number of aromatic nitrogens is 1. The summed E-state index contributed by atoms with van der Waals surface area (Å²) < 4.78 is 0. The minimum atomic E-state index is -0.119. The SMILES string of the molecule is CCC(N)CNC(=O)c1ccc(C)nc1. The average Bonchev–Trinajstić information content (AvgIpc) is 2.26. The number of pyridine rings is 1. The molecular formula is C11H17N3O. The molecule has 0 radical (unpaired) electrons. The van der Waals surface area contributed by atoms with Gasteiger partial charge in [-0.3, -0.25) is 9.78 Å². The van der Waals surface area contributed by atoms with E-state index in [0.29, 0.717) is 12.1 Å². The predicted octanol–water partition coefficient (Wildman–Crippen LogP) is 0.857. The van der Waals surface area contributed by atoms with E-state index in [-0.39, 0.29) is 11.9 Å². The van der Waals surface area contributed by atoms with Gasteiger partial charge in [-0.2, -0.15) is 0 Å². The zero-order chi connectivity index (χ0) is 11.3. The second-order valence-corrected chi connectivity index (χ2v) is 3.57. The number of carbonyl (C=O) groups is 1. The van der Waals surface area contributed by atoms with Gasteiger partial charge in [0.05, 0.1) is 5.56 Å². The van der Waals surface area contributed by atoms with E-state index >= 15 is 0 Å². The van der Waals surface area contributed by atoms with E-state index in [4.69, 9.17) is 5.73 Å². The Morgan fingerprint density at radius 1 is 1.60 bits per heavy atom. The molecule has 3 N–H and O–H groups in total. The Hall–Kier alpha value is -1.42. The van der Waals surface area contributed by atoms with Gasteiger partial charge in [-0.15, -0.1) is 0 Å². The zero-order valence-electron chi connectivity index (χ0n) is 9.16. The van der Waals surface area contributed by atoms with E-state index in [0.717, 1.165) is 12.1 Å². The minimum Gasteiger partial charge on any atom is -0.350 e. The van der Waals surface area contributed by atoms with Crippen LogP contribution in [0.1, 0.15) is 29.4 Å². The number of nitrogens with one attached hydrogen (secondary N) is 1. The second-order valence-electron chi connectivity index (χ2n) is 3.57. The van der Waals surface area contributed by atoms with Crippen LogP contribution >= 0.6 is 0 Å². The van der Waals surface area contributed by atoms with Gasteiger partial charge in [-0.25, -0.2) is 0 Å². The van der Waals surface area contributed by atoms with Crippen molar-refractivity contribution < 1.29 is 4.79 Å². The Kier molecular flexibility index (Phi) is 4.24. The maximum atomic E-state index is 11.6. The lowest BCUT2D eigenvalue weighted by Gasteiger charge is -2.09. The van der Waals surface area contributed by atoms with Gasteiger partial charge in [-0.05, 0) is 25.5 Å². The molecule has 0 aromatic carbocycles. The first-order valence-corrected chi connectivity index (χ1v) is 5.10. The molecule has 82 valence electrons. The number of nitrogens with two attached hydrogens (primary N) is 1. The Morgan fingerprint density at radius 3 is 2.87 bits per heavy atom. The lowest BCUT2D eigenvalue weighted by molar-refractivity contribution is 0.0950. The van der Waals surface area contributed by atoms with Gasteiger partial charge in [0.25, 0.3) is 5.91 Å². The van der Waals surface area contributed by atoms with Gasteiger partial charge in [0.2, 0.25) is 0 Å². The normalized spacial score (nSPS) is 12.2. The van der Waals surface area contributed by atoms with Gasteiger partial charge < -0.3 is 11.1 Å². The van der Waals surface area contributed by atoms with Gasteiger partial charge >= 0.3 is 0 Å². The van der Waals surface area contributed by atoms with E-state index in [2.05, 4.69) is 10.3 Å². The van der Waals surface area contributed by atoms with E-state index in [1.54, 1.807) is 12.3 Å². The molecule has 4 heteroatoms. The van der Waals surface area contributed by atoms with Crippen LogP contribution < -0.4 is 11.1 Å². The monoisotopic (exact) mass is 207 g/mol. The molecule has 0 bridgehead atoms. The van der Waals surface area contributed by atoms with E-state index in [9.17, 15) is 4.79 Å². The molecule has 1 amide bonds. The average molecular weight is 207 g/mol. The molecule has 0 aliphatic heterocycles. The molecule has 1 aromatic rings. The molecule has 0 fully saturated rings. The van der Waals surface area contributed by atoms with Crippen LogP contribution in [-0.2, 0) is 0 Å². The van der Waals surface area contributed by atoms with Crippen molar-refractivity contribution in [1.82, 2.24) is 10.3 Å². The van der Waals surface area contributed by atoms with Crippen molar-refractivity contribution in [3.8, 4) is 0 Å². The minimum absolute atomic E-state index is 0.0207. The largest absolute Gasteiger partial charge is 0.350 e. The smallest absolute Gasteiger partial charge is 0.252 e. The first kappa shape index (κ1) is 11.7. The van der Waals surface area contributed by atoms with Crippen LogP contribution in [0.3, 0.4) is 0 Å². The standard InChI is InChI=1S/C11H17N3O/c1-3-10(12)7-14-11(15)9-5-4-8(2)13-6-9/h4-6,10H,3,7,12H2,1-2H3,(H,14,15). The molecule has 1 rings (SSSR count).